The highest BCUT2D eigenvalue weighted by Crippen LogP contribution is 2.17. The fourth-order valence-electron chi connectivity index (χ4n) is 2.56. The molecule has 80 valence electrons. The van der Waals surface area contributed by atoms with Gasteiger partial charge in [-0.3, -0.25) is 9.69 Å². The van der Waals surface area contributed by atoms with Crippen molar-refractivity contribution in [2.75, 3.05) is 32.7 Å². The minimum Gasteiger partial charge on any atom is -0.300 e. The molecule has 0 saturated carbocycles. The summed E-state index contributed by atoms with van der Waals surface area (Å²) in [7, 11) is 0. The van der Waals surface area contributed by atoms with Gasteiger partial charge in [-0.25, -0.2) is 0 Å². The molecular weight excluding hydrogens is 176 g/mol. The van der Waals surface area contributed by atoms with Crippen molar-refractivity contribution in [1.82, 2.24) is 9.80 Å². The molecule has 3 aliphatic rings. The number of carbonyl (C=O) groups is 1. The van der Waals surface area contributed by atoms with Crippen LogP contribution in [0.25, 0.3) is 0 Å². The third-order valence-electron chi connectivity index (χ3n) is 3.36. The van der Waals surface area contributed by atoms with Gasteiger partial charge in [0.05, 0.1) is 6.04 Å². The average Bonchev–Trinajstić information content (AvgIpc) is 2.52. The van der Waals surface area contributed by atoms with E-state index < -0.39 is 0 Å². The molecule has 0 spiro atoms. The van der Waals surface area contributed by atoms with E-state index in [1.165, 1.54) is 13.0 Å². The Morgan fingerprint density at radius 2 is 2.14 bits per heavy atom. The summed E-state index contributed by atoms with van der Waals surface area (Å²) in [6.07, 6.45) is 2.98. The Bertz CT molecular complexity index is 213. The third-order valence-corrected chi connectivity index (χ3v) is 3.36. The standard InChI is InChI=1S/C11H20N2O/c1-2-4-11(14)10-9-12-5-3-6-13(10)8-7-12/h10H,2-9H2,1H3. The van der Waals surface area contributed by atoms with E-state index >= 15 is 0 Å². The van der Waals surface area contributed by atoms with Gasteiger partial charge in [0.1, 0.15) is 0 Å². The lowest BCUT2D eigenvalue weighted by molar-refractivity contribution is -0.125. The average molecular weight is 196 g/mol. The van der Waals surface area contributed by atoms with Crippen LogP contribution >= 0.6 is 0 Å². The van der Waals surface area contributed by atoms with Crippen LogP contribution in [-0.4, -0.2) is 54.3 Å². The topological polar surface area (TPSA) is 23.6 Å². The Kier molecular flexibility index (Phi) is 3.19. The number of hydrogen-bond donors (Lipinski definition) is 0. The Morgan fingerprint density at radius 1 is 1.29 bits per heavy atom. The molecule has 0 aromatic carbocycles. The van der Waals surface area contributed by atoms with Crippen molar-refractivity contribution in [3.63, 3.8) is 0 Å². The van der Waals surface area contributed by atoms with Gasteiger partial charge in [0.25, 0.3) is 0 Å². The first-order chi connectivity index (χ1) is 6.81. The zero-order valence-electron chi connectivity index (χ0n) is 9.04. The molecule has 3 unspecified atom stereocenters. The SMILES string of the molecule is CCCC(=O)C1CN2CCCN1CC2. The second-order valence-corrected chi connectivity index (χ2v) is 4.42. The largest absolute Gasteiger partial charge is 0.300 e. The summed E-state index contributed by atoms with van der Waals surface area (Å²) in [5.41, 5.74) is 0. The number of ketones is 1. The molecule has 3 nitrogen and oxygen atoms in total. The lowest BCUT2D eigenvalue weighted by Crippen LogP contribution is -2.53. The molecule has 3 heteroatoms. The molecule has 0 N–H and O–H groups in total. The van der Waals surface area contributed by atoms with E-state index in [4.69, 9.17) is 0 Å². The summed E-state index contributed by atoms with van der Waals surface area (Å²) in [5.74, 6) is 0.458. The molecule has 3 rings (SSSR count). The first kappa shape index (κ1) is 10.1. The van der Waals surface area contributed by atoms with Gasteiger partial charge in [0.15, 0.2) is 5.78 Å². The molecule has 0 aliphatic carbocycles. The van der Waals surface area contributed by atoms with Gasteiger partial charge in [-0.2, -0.15) is 0 Å². The minimum atomic E-state index is 0.214. The number of fused-ring (bicyclic) bond motifs is 4. The van der Waals surface area contributed by atoms with E-state index in [0.29, 0.717) is 5.78 Å². The monoisotopic (exact) mass is 196 g/mol. The predicted molar refractivity (Wildman–Crippen MR) is 56.3 cm³/mol. The maximum absolute atomic E-state index is 11.9. The van der Waals surface area contributed by atoms with Crippen LogP contribution in [0.15, 0.2) is 0 Å². The molecular formula is C11H20N2O. The van der Waals surface area contributed by atoms with Crippen LogP contribution in [-0.2, 0) is 4.79 Å². The van der Waals surface area contributed by atoms with Gasteiger partial charge >= 0.3 is 0 Å². The van der Waals surface area contributed by atoms with E-state index in [-0.39, 0.29) is 6.04 Å². The van der Waals surface area contributed by atoms with Gasteiger partial charge in [-0.15, -0.1) is 0 Å². The van der Waals surface area contributed by atoms with Crippen LogP contribution in [0, 0.1) is 0 Å². The summed E-state index contributed by atoms with van der Waals surface area (Å²) < 4.78 is 0. The van der Waals surface area contributed by atoms with E-state index in [1.807, 2.05) is 0 Å². The molecule has 2 bridgehead atoms. The molecule has 0 aromatic heterocycles. The van der Waals surface area contributed by atoms with E-state index in [2.05, 4.69) is 16.7 Å². The van der Waals surface area contributed by atoms with Crippen LogP contribution < -0.4 is 0 Å². The number of hydrogen-bond acceptors (Lipinski definition) is 3. The van der Waals surface area contributed by atoms with Crippen molar-refractivity contribution in [3.8, 4) is 0 Å². The second kappa shape index (κ2) is 4.41. The molecule has 3 heterocycles. The zero-order valence-corrected chi connectivity index (χ0v) is 9.04. The van der Waals surface area contributed by atoms with Crippen LogP contribution in [0.4, 0.5) is 0 Å². The van der Waals surface area contributed by atoms with Gasteiger partial charge in [0.2, 0.25) is 0 Å². The number of piperazine rings is 1. The highest BCUT2D eigenvalue weighted by molar-refractivity contribution is 5.84. The minimum absolute atomic E-state index is 0.214. The van der Waals surface area contributed by atoms with Crippen LogP contribution in [0.2, 0.25) is 0 Å². The van der Waals surface area contributed by atoms with Crippen molar-refractivity contribution in [1.29, 1.82) is 0 Å². The summed E-state index contributed by atoms with van der Waals surface area (Å²) in [4.78, 5) is 16.7. The van der Waals surface area contributed by atoms with Gasteiger partial charge in [0, 0.05) is 32.6 Å². The first-order valence-electron chi connectivity index (χ1n) is 5.80. The molecule has 3 atom stereocenters. The molecule has 3 saturated heterocycles. The smallest absolute Gasteiger partial charge is 0.151 e. The normalized spacial score (nSPS) is 36.8. The molecule has 3 fully saturated rings. The summed E-state index contributed by atoms with van der Waals surface area (Å²) in [6, 6.07) is 0.214. The number of rotatable bonds is 3. The van der Waals surface area contributed by atoms with Crippen LogP contribution in [0.5, 0.6) is 0 Å². The van der Waals surface area contributed by atoms with Gasteiger partial charge in [-0.05, 0) is 19.4 Å². The lowest BCUT2D eigenvalue weighted by atomic mass is 10.0. The van der Waals surface area contributed by atoms with Crippen molar-refractivity contribution < 1.29 is 4.79 Å². The van der Waals surface area contributed by atoms with Crippen molar-refractivity contribution in [2.24, 2.45) is 0 Å². The molecule has 0 aromatic rings. The molecule has 0 amide bonds. The maximum atomic E-state index is 11.9. The Morgan fingerprint density at radius 3 is 2.93 bits per heavy atom. The van der Waals surface area contributed by atoms with Crippen LogP contribution in [0.3, 0.4) is 0 Å². The first-order valence-corrected chi connectivity index (χ1v) is 5.80. The zero-order chi connectivity index (χ0) is 9.97. The van der Waals surface area contributed by atoms with Gasteiger partial charge in [-0.1, -0.05) is 6.92 Å². The van der Waals surface area contributed by atoms with Gasteiger partial charge < -0.3 is 4.90 Å². The van der Waals surface area contributed by atoms with Crippen LogP contribution in [0.1, 0.15) is 26.2 Å². The maximum Gasteiger partial charge on any atom is 0.151 e. The Labute approximate surface area is 86.1 Å². The fraction of sp³-hybridized carbons (Fsp3) is 0.909. The van der Waals surface area contributed by atoms with E-state index in [0.717, 1.165) is 39.0 Å². The molecule has 14 heavy (non-hydrogen) atoms. The number of carbonyl (C=O) groups excluding carboxylic acids is 1. The predicted octanol–water partition coefficient (Wildman–Crippen LogP) is 0.745. The lowest BCUT2D eigenvalue weighted by Gasteiger charge is -2.36. The Balaban J connectivity index is 2.01. The fourth-order valence-corrected chi connectivity index (χ4v) is 2.56. The Hall–Kier alpha value is -0.410. The molecule has 0 radical (unpaired) electrons. The summed E-state index contributed by atoms with van der Waals surface area (Å²) >= 11 is 0. The van der Waals surface area contributed by atoms with Crippen molar-refractivity contribution in [3.05, 3.63) is 0 Å². The highest BCUT2D eigenvalue weighted by Gasteiger charge is 2.33. The van der Waals surface area contributed by atoms with Crippen molar-refractivity contribution in [2.45, 2.75) is 32.2 Å². The summed E-state index contributed by atoms with van der Waals surface area (Å²) in [6.45, 7) is 7.64. The van der Waals surface area contributed by atoms with E-state index in [9.17, 15) is 4.79 Å². The quantitative estimate of drug-likeness (QED) is 0.665. The summed E-state index contributed by atoms with van der Waals surface area (Å²) in [5, 5.41) is 0. The second-order valence-electron chi connectivity index (χ2n) is 4.42. The highest BCUT2D eigenvalue weighted by atomic mass is 16.1. The molecule has 3 aliphatic heterocycles. The third kappa shape index (κ3) is 1.98. The number of Topliss-reactive ketones (excluding diaryl/α,β-unsaturated/α-hetero) is 1. The number of nitrogens with zero attached hydrogens (tertiary/aromatic N) is 2. The van der Waals surface area contributed by atoms with Crippen molar-refractivity contribution >= 4 is 5.78 Å². The van der Waals surface area contributed by atoms with E-state index in [1.54, 1.807) is 0 Å².